The van der Waals surface area contributed by atoms with Crippen molar-refractivity contribution >= 4 is 22.9 Å². The van der Waals surface area contributed by atoms with Gasteiger partial charge in [0.1, 0.15) is 10.7 Å². The molecule has 1 aromatic carbocycles. The Hall–Kier alpha value is -1.76. The Bertz CT molecular complexity index is 709. The monoisotopic (exact) mass is 292 g/mol. The van der Waals surface area contributed by atoms with Crippen molar-refractivity contribution in [1.82, 2.24) is 15.1 Å². The van der Waals surface area contributed by atoms with Crippen LogP contribution < -0.4 is 5.73 Å². The first-order chi connectivity index (χ1) is 9.26. The summed E-state index contributed by atoms with van der Waals surface area (Å²) in [6.07, 6.45) is 0. The van der Waals surface area contributed by atoms with E-state index in [4.69, 9.17) is 21.9 Å². The average Bonchev–Trinajstić information content (AvgIpc) is 3.07. The molecule has 2 heterocycles. The zero-order valence-electron chi connectivity index (χ0n) is 9.71. The number of hydrogen-bond donors (Lipinski definition) is 1. The molecular weight excluding hydrogens is 284 g/mol. The number of thiazole rings is 1. The second-order valence-electron chi connectivity index (χ2n) is 3.76. The Labute approximate surface area is 118 Å². The average molecular weight is 293 g/mol. The van der Waals surface area contributed by atoms with E-state index < -0.39 is 0 Å². The van der Waals surface area contributed by atoms with E-state index >= 15 is 0 Å². The van der Waals surface area contributed by atoms with Crippen LogP contribution in [0.1, 0.15) is 5.01 Å². The van der Waals surface area contributed by atoms with Crippen molar-refractivity contribution in [2.24, 2.45) is 5.73 Å². The number of aromatic nitrogens is 3. The molecule has 0 unspecified atom stereocenters. The topological polar surface area (TPSA) is 77.8 Å². The van der Waals surface area contributed by atoms with Crippen LogP contribution in [0.25, 0.3) is 23.0 Å². The van der Waals surface area contributed by atoms with Crippen molar-refractivity contribution < 1.29 is 4.52 Å². The summed E-state index contributed by atoms with van der Waals surface area (Å²) in [6.45, 7) is 0.403. The molecule has 3 aromatic rings. The summed E-state index contributed by atoms with van der Waals surface area (Å²) < 4.78 is 5.20. The Morgan fingerprint density at radius 3 is 2.95 bits per heavy atom. The highest BCUT2D eigenvalue weighted by atomic mass is 35.5. The largest absolute Gasteiger partial charge is 0.332 e. The second kappa shape index (κ2) is 5.08. The smallest absolute Gasteiger partial charge is 0.277 e. The van der Waals surface area contributed by atoms with E-state index in [9.17, 15) is 0 Å². The van der Waals surface area contributed by atoms with Gasteiger partial charge < -0.3 is 10.3 Å². The summed E-state index contributed by atoms with van der Waals surface area (Å²) in [4.78, 5) is 8.60. The van der Waals surface area contributed by atoms with Crippen molar-refractivity contribution in [2.45, 2.75) is 6.54 Å². The minimum atomic E-state index is 0.380. The Balaban J connectivity index is 1.95. The maximum absolute atomic E-state index is 5.93. The van der Waals surface area contributed by atoms with Gasteiger partial charge in [0.15, 0.2) is 0 Å². The van der Waals surface area contributed by atoms with Crippen LogP contribution in [0.4, 0.5) is 0 Å². The SMILES string of the molecule is NCc1nc(-c2nc(-c3cccc(Cl)c3)no2)cs1. The third-order valence-electron chi connectivity index (χ3n) is 2.45. The molecule has 5 nitrogen and oxygen atoms in total. The van der Waals surface area contributed by atoms with Crippen LogP contribution in [0.2, 0.25) is 5.02 Å². The summed E-state index contributed by atoms with van der Waals surface area (Å²) in [5.74, 6) is 0.866. The summed E-state index contributed by atoms with van der Waals surface area (Å²) in [5.41, 5.74) is 6.97. The van der Waals surface area contributed by atoms with Crippen LogP contribution in [-0.4, -0.2) is 15.1 Å². The van der Waals surface area contributed by atoms with Crippen molar-refractivity contribution in [3.05, 3.63) is 39.7 Å². The molecule has 0 spiro atoms. The molecule has 0 bridgehead atoms. The second-order valence-corrected chi connectivity index (χ2v) is 5.14. The summed E-state index contributed by atoms with van der Waals surface area (Å²) in [7, 11) is 0. The molecule has 0 fully saturated rings. The van der Waals surface area contributed by atoms with Gasteiger partial charge in [-0.3, -0.25) is 0 Å². The number of benzene rings is 1. The molecule has 2 N–H and O–H groups in total. The van der Waals surface area contributed by atoms with E-state index in [1.165, 1.54) is 11.3 Å². The molecule has 0 atom stereocenters. The maximum atomic E-state index is 5.93. The molecule has 0 saturated heterocycles. The lowest BCUT2D eigenvalue weighted by Gasteiger charge is -1.93. The molecule has 0 amide bonds. The van der Waals surface area contributed by atoms with Crippen LogP contribution in [0.15, 0.2) is 34.2 Å². The van der Waals surface area contributed by atoms with Gasteiger partial charge in [-0.05, 0) is 12.1 Å². The molecule has 0 aliphatic rings. The van der Waals surface area contributed by atoms with Gasteiger partial charge in [0, 0.05) is 22.5 Å². The highest BCUT2D eigenvalue weighted by Crippen LogP contribution is 2.24. The van der Waals surface area contributed by atoms with E-state index in [-0.39, 0.29) is 0 Å². The molecule has 0 aliphatic heterocycles. The lowest BCUT2D eigenvalue weighted by molar-refractivity contribution is 0.431. The third kappa shape index (κ3) is 2.51. The number of halogens is 1. The van der Waals surface area contributed by atoms with Gasteiger partial charge in [0.25, 0.3) is 5.89 Å². The third-order valence-corrected chi connectivity index (χ3v) is 3.56. The summed E-state index contributed by atoms with van der Waals surface area (Å²) >= 11 is 7.40. The number of nitrogens with two attached hydrogens (primary N) is 1. The molecule has 96 valence electrons. The fourth-order valence-electron chi connectivity index (χ4n) is 1.58. The Morgan fingerprint density at radius 2 is 2.21 bits per heavy atom. The number of nitrogens with zero attached hydrogens (tertiary/aromatic N) is 3. The first-order valence-corrected chi connectivity index (χ1v) is 6.76. The van der Waals surface area contributed by atoms with E-state index in [0.29, 0.717) is 29.0 Å². The zero-order chi connectivity index (χ0) is 13.2. The predicted molar refractivity (Wildman–Crippen MR) is 73.7 cm³/mol. The summed E-state index contributed by atoms with van der Waals surface area (Å²) in [5, 5.41) is 7.23. The lowest BCUT2D eigenvalue weighted by Crippen LogP contribution is -1.94. The van der Waals surface area contributed by atoms with E-state index in [2.05, 4.69) is 15.1 Å². The van der Waals surface area contributed by atoms with Gasteiger partial charge in [0.05, 0.1) is 0 Å². The Kier molecular flexibility index (Phi) is 3.29. The maximum Gasteiger partial charge on any atom is 0.277 e. The molecule has 0 aliphatic carbocycles. The minimum Gasteiger partial charge on any atom is -0.332 e. The molecule has 0 radical (unpaired) electrons. The van der Waals surface area contributed by atoms with Crippen LogP contribution >= 0.6 is 22.9 Å². The van der Waals surface area contributed by atoms with Gasteiger partial charge in [-0.15, -0.1) is 11.3 Å². The van der Waals surface area contributed by atoms with E-state index in [0.717, 1.165) is 10.6 Å². The molecule has 7 heteroatoms. The van der Waals surface area contributed by atoms with Crippen molar-refractivity contribution in [2.75, 3.05) is 0 Å². The minimum absolute atomic E-state index is 0.380. The standard InChI is InChI=1S/C12H9ClN4OS/c13-8-3-1-2-7(4-8)11-16-12(18-17-11)9-6-19-10(5-14)15-9/h1-4,6H,5,14H2. The molecule has 0 saturated carbocycles. The molecular formula is C12H9ClN4OS. The van der Waals surface area contributed by atoms with Crippen LogP contribution in [0, 0.1) is 0 Å². The molecule has 2 aromatic heterocycles. The van der Waals surface area contributed by atoms with E-state index in [1.54, 1.807) is 12.1 Å². The van der Waals surface area contributed by atoms with Crippen LogP contribution in [0.5, 0.6) is 0 Å². The first kappa shape index (κ1) is 12.3. The van der Waals surface area contributed by atoms with Gasteiger partial charge in [-0.1, -0.05) is 28.9 Å². The van der Waals surface area contributed by atoms with Crippen molar-refractivity contribution in [1.29, 1.82) is 0 Å². The Morgan fingerprint density at radius 1 is 1.32 bits per heavy atom. The fraction of sp³-hybridized carbons (Fsp3) is 0.0833. The van der Waals surface area contributed by atoms with Crippen LogP contribution in [-0.2, 0) is 6.54 Å². The van der Waals surface area contributed by atoms with Crippen molar-refractivity contribution in [3.63, 3.8) is 0 Å². The first-order valence-electron chi connectivity index (χ1n) is 5.51. The number of hydrogen-bond acceptors (Lipinski definition) is 6. The van der Waals surface area contributed by atoms with E-state index in [1.807, 2.05) is 17.5 Å². The zero-order valence-corrected chi connectivity index (χ0v) is 11.3. The lowest BCUT2D eigenvalue weighted by atomic mass is 10.2. The summed E-state index contributed by atoms with van der Waals surface area (Å²) in [6, 6.07) is 7.28. The number of rotatable bonds is 3. The highest BCUT2D eigenvalue weighted by Gasteiger charge is 2.13. The molecule has 19 heavy (non-hydrogen) atoms. The van der Waals surface area contributed by atoms with Gasteiger partial charge >= 0.3 is 0 Å². The highest BCUT2D eigenvalue weighted by molar-refractivity contribution is 7.09. The quantitative estimate of drug-likeness (QED) is 0.803. The van der Waals surface area contributed by atoms with Crippen molar-refractivity contribution in [3.8, 4) is 23.0 Å². The van der Waals surface area contributed by atoms with Gasteiger partial charge in [-0.25, -0.2) is 4.98 Å². The predicted octanol–water partition coefficient (Wildman–Crippen LogP) is 2.97. The normalized spacial score (nSPS) is 10.8. The fourth-order valence-corrected chi connectivity index (χ4v) is 2.41. The van der Waals surface area contributed by atoms with Gasteiger partial charge in [-0.2, -0.15) is 4.98 Å². The van der Waals surface area contributed by atoms with Crippen LogP contribution in [0.3, 0.4) is 0 Å². The van der Waals surface area contributed by atoms with Gasteiger partial charge in [0.2, 0.25) is 5.82 Å². The molecule has 3 rings (SSSR count).